The number of carbonyl (C=O) groups is 1. The molecule has 3 fully saturated rings. The molecular weight excluding hydrogens is 592 g/mol. The number of hydrogen-bond donors (Lipinski definition) is 1. The van der Waals surface area contributed by atoms with Crippen LogP contribution < -0.4 is 10.5 Å². The fraction of sp³-hybridized carbons (Fsp3) is 0.378. The maximum atomic E-state index is 12.9. The molecule has 3 aliphatic rings. The van der Waals surface area contributed by atoms with Gasteiger partial charge in [0, 0.05) is 56.9 Å². The van der Waals surface area contributed by atoms with Crippen LogP contribution in [0.25, 0.3) is 22.2 Å². The highest BCUT2D eigenvalue weighted by molar-refractivity contribution is 6.03. The zero-order chi connectivity index (χ0) is 32.0. The van der Waals surface area contributed by atoms with Crippen LogP contribution in [0.5, 0.6) is 11.5 Å². The molecule has 1 atom stereocenters. The zero-order valence-electron chi connectivity index (χ0n) is 26.5. The van der Waals surface area contributed by atoms with E-state index in [0.717, 1.165) is 91.5 Å². The van der Waals surface area contributed by atoms with Gasteiger partial charge < -0.3 is 29.4 Å². The van der Waals surface area contributed by atoms with Crippen LogP contribution in [0.3, 0.4) is 0 Å². The SMILES string of the molecule is Nc1ncnc2c1c(-c1ccc(Oc3ccccc3)cc1)c(C#CC1CCN(C(=O)/C=C/CN3CCOCC3)CC1)n2[C@H]1CCOC1. The molecule has 2 aromatic heterocycles. The lowest BCUT2D eigenvalue weighted by Crippen LogP contribution is -2.38. The number of hydrogen-bond acceptors (Lipinski definition) is 8. The molecule has 47 heavy (non-hydrogen) atoms. The van der Waals surface area contributed by atoms with Gasteiger partial charge in [0.1, 0.15) is 35.0 Å². The van der Waals surface area contributed by atoms with Crippen molar-refractivity contribution >= 4 is 22.8 Å². The number of nitrogen functional groups attached to an aromatic ring is 1. The van der Waals surface area contributed by atoms with Gasteiger partial charge in [0.2, 0.25) is 5.91 Å². The molecule has 0 spiro atoms. The number of likely N-dealkylation sites (tertiary alicyclic amines) is 1. The monoisotopic (exact) mass is 632 g/mol. The summed E-state index contributed by atoms with van der Waals surface area (Å²) in [4.78, 5) is 26.2. The Morgan fingerprint density at radius 2 is 1.70 bits per heavy atom. The number of carbonyl (C=O) groups excluding carboxylic acids is 1. The largest absolute Gasteiger partial charge is 0.457 e. The first-order valence-electron chi connectivity index (χ1n) is 16.5. The first kappa shape index (κ1) is 30.9. The smallest absolute Gasteiger partial charge is 0.246 e. The summed E-state index contributed by atoms with van der Waals surface area (Å²) < 4.78 is 19.5. The lowest BCUT2D eigenvalue weighted by molar-refractivity contribution is -0.127. The molecule has 10 nitrogen and oxygen atoms in total. The minimum Gasteiger partial charge on any atom is -0.457 e. The van der Waals surface area contributed by atoms with Crippen molar-refractivity contribution < 1.29 is 19.0 Å². The number of piperidine rings is 1. The molecule has 0 radical (unpaired) electrons. The van der Waals surface area contributed by atoms with E-state index in [-0.39, 0.29) is 17.9 Å². The number of morpholine rings is 1. The van der Waals surface area contributed by atoms with E-state index in [0.29, 0.717) is 32.1 Å². The molecule has 0 saturated carbocycles. The molecule has 4 aromatic rings. The third-order valence-electron chi connectivity index (χ3n) is 9.13. The predicted octanol–water partition coefficient (Wildman–Crippen LogP) is 4.91. The molecule has 2 N–H and O–H groups in total. The highest BCUT2D eigenvalue weighted by Crippen LogP contribution is 2.40. The topological polar surface area (TPSA) is 108 Å². The molecule has 7 rings (SSSR count). The Bertz CT molecular complexity index is 1770. The number of rotatable bonds is 7. The molecule has 0 aliphatic carbocycles. The number of ether oxygens (including phenoxy) is 3. The van der Waals surface area contributed by atoms with Crippen molar-refractivity contribution in [2.45, 2.75) is 25.3 Å². The van der Waals surface area contributed by atoms with Crippen molar-refractivity contribution in [3.05, 3.63) is 78.8 Å². The van der Waals surface area contributed by atoms with Crippen LogP contribution in [0, 0.1) is 17.8 Å². The zero-order valence-corrected chi connectivity index (χ0v) is 26.5. The standard InChI is InChI=1S/C37H40N6O4/c38-36-35-34(28-9-11-31(12-10-28)47-30-5-2-1-3-6-30)32(43(29-16-22-46-25-29)37(35)40-26-39-36)13-8-27-14-18-42(19-15-27)33(44)7-4-17-41-20-23-45-24-21-41/h1-7,9-12,26-27,29H,14-25H2,(H2,38,39,40)/b7-4+/t29-/m0/s1. The number of nitrogens with two attached hydrogens (primary N) is 1. The molecule has 5 heterocycles. The van der Waals surface area contributed by atoms with Gasteiger partial charge in [-0.1, -0.05) is 42.3 Å². The second kappa shape index (κ2) is 14.4. The normalized spacial score (nSPS) is 19.2. The summed E-state index contributed by atoms with van der Waals surface area (Å²) in [6.07, 6.45) is 7.73. The quantitative estimate of drug-likeness (QED) is 0.226. The minimum absolute atomic E-state index is 0.0713. The third-order valence-corrected chi connectivity index (χ3v) is 9.13. The molecule has 242 valence electrons. The van der Waals surface area contributed by atoms with Crippen molar-refractivity contribution in [1.29, 1.82) is 0 Å². The van der Waals surface area contributed by atoms with E-state index >= 15 is 0 Å². The van der Waals surface area contributed by atoms with Crippen molar-refractivity contribution in [3.8, 4) is 34.5 Å². The van der Waals surface area contributed by atoms with Crippen LogP contribution >= 0.6 is 0 Å². The van der Waals surface area contributed by atoms with E-state index in [1.54, 1.807) is 6.08 Å². The van der Waals surface area contributed by atoms with E-state index in [4.69, 9.17) is 24.9 Å². The second-order valence-corrected chi connectivity index (χ2v) is 12.2. The van der Waals surface area contributed by atoms with E-state index in [9.17, 15) is 4.79 Å². The highest BCUT2D eigenvalue weighted by Gasteiger charge is 2.28. The molecular formula is C37H40N6O4. The number of nitrogens with zero attached hydrogens (tertiary/aromatic N) is 5. The maximum Gasteiger partial charge on any atom is 0.246 e. The van der Waals surface area contributed by atoms with Crippen LogP contribution in [-0.2, 0) is 14.3 Å². The van der Waals surface area contributed by atoms with Crippen LogP contribution in [0.15, 0.2) is 73.1 Å². The van der Waals surface area contributed by atoms with Gasteiger partial charge in [-0.05, 0) is 55.0 Å². The van der Waals surface area contributed by atoms with Crippen LogP contribution in [0.2, 0.25) is 0 Å². The molecule has 0 bridgehead atoms. The Labute approximate surface area is 275 Å². The fourth-order valence-electron chi connectivity index (χ4n) is 6.56. The third kappa shape index (κ3) is 7.03. The maximum absolute atomic E-state index is 12.9. The first-order valence-corrected chi connectivity index (χ1v) is 16.5. The molecule has 3 aliphatic heterocycles. The van der Waals surface area contributed by atoms with Gasteiger partial charge in [0.05, 0.1) is 31.2 Å². The summed E-state index contributed by atoms with van der Waals surface area (Å²) in [5, 5.41) is 0.796. The highest BCUT2D eigenvalue weighted by atomic mass is 16.5. The van der Waals surface area contributed by atoms with E-state index in [2.05, 4.69) is 26.3 Å². The summed E-state index contributed by atoms with van der Waals surface area (Å²) >= 11 is 0. The van der Waals surface area contributed by atoms with Crippen LogP contribution in [0.1, 0.15) is 31.0 Å². The van der Waals surface area contributed by atoms with Gasteiger partial charge in [-0.3, -0.25) is 9.69 Å². The summed E-state index contributed by atoms with van der Waals surface area (Å²) in [5.74, 6) is 9.34. The Kier molecular flexibility index (Phi) is 9.47. The Morgan fingerprint density at radius 1 is 0.936 bits per heavy atom. The first-order chi connectivity index (χ1) is 23.1. The number of para-hydroxylation sites is 1. The number of aromatic nitrogens is 3. The molecule has 1 amide bonds. The van der Waals surface area contributed by atoms with Crippen LogP contribution in [-0.4, -0.2) is 89.4 Å². The van der Waals surface area contributed by atoms with Crippen molar-refractivity contribution in [3.63, 3.8) is 0 Å². The summed E-state index contributed by atoms with van der Waals surface area (Å²) in [5.41, 5.74) is 10.1. The predicted molar refractivity (Wildman–Crippen MR) is 181 cm³/mol. The molecule has 2 aromatic carbocycles. The lowest BCUT2D eigenvalue weighted by Gasteiger charge is -2.29. The second-order valence-electron chi connectivity index (χ2n) is 12.2. The molecule has 10 heteroatoms. The van der Waals surface area contributed by atoms with Gasteiger partial charge >= 0.3 is 0 Å². The van der Waals surface area contributed by atoms with Gasteiger partial charge in [-0.15, -0.1) is 0 Å². The average molecular weight is 633 g/mol. The molecule has 0 unspecified atom stereocenters. The summed E-state index contributed by atoms with van der Waals surface area (Å²) in [7, 11) is 0. The van der Waals surface area contributed by atoms with Crippen molar-refractivity contribution in [1.82, 2.24) is 24.3 Å². The van der Waals surface area contributed by atoms with Gasteiger partial charge in [-0.2, -0.15) is 0 Å². The number of benzene rings is 2. The Balaban J connectivity index is 1.14. The molecule has 3 saturated heterocycles. The Hall–Kier alpha value is -4.69. The van der Waals surface area contributed by atoms with E-state index in [1.165, 1.54) is 6.33 Å². The number of fused-ring (bicyclic) bond motifs is 1. The fourth-order valence-corrected chi connectivity index (χ4v) is 6.56. The van der Waals surface area contributed by atoms with Gasteiger partial charge in [-0.25, -0.2) is 9.97 Å². The van der Waals surface area contributed by atoms with Crippen molar-refractivity contribution in [2.24, 2.45) is 5.92 Å². The number of anilines is 1. The average Bonchev–Trinajstić information content (AvgIpc) is 3.76. The van der Waals surface area contributed by atoms with Crippen molar-refractivity contribution in [2.75, 3.05) is 64.9 Å². The number of amides is 1. The van der Waals surface area contributed by atoms with E-state index < -0.39 is 0 Å². The lowest BCUT2D eigenvalue weighted by atomic mass is 9.96. The van der Waals surface area contributed by atoms with Gasteiger partial charge in [0.25, 0.3) is 0 Å². The summed E-state index contributed by atoms with van der Waals surface area (Å²) in [6.45, 7) is 6.75. The summed E-state index contributed by atoms with van der Waals surface area (Å²) in [6, 6.07) is 17.8. The van der Waals surface area contributed by atoms with E-state index in [1.807, 2.05) is 65.6 Å². The van der Waals surface area contributed by atoms with Gasteiger partial charge in [0.15, 0.2) is 0 Å². The minimum atomic E-state index is 0.0713. The Morgan fingerprint density at radius 3 is 2.45 bits per heavy atom. The van der Waals surface area contributed by atoms with Crippen LogP contribution in [0.4, 0.5) is 5.82 Å².